The number of aliphatic hydroxyl groups excluding tert-OH is 1. The molecule has 0 amide bonds. The lowest BCUT2D eigenvalue weighted by atomic mass is 10.1. The first-order valence-corrected chi connectivity index (χ1v) is 4.22. The zero-order chi connectivity index (χ0) is 10.6. The number of methoxy groups -OCH3 is 1. The van der Waals surface area contributed by atoms with Crippen LogP contribution in [0.5, 0.6) is 0 Å². The lowest BCUT2D eigenvalue weighted by molar-refractivity contribution is 0.0561. The lowest BCUT2D eigenvalue weighted by Gasteiger charge is -2.06. The molecule has 1 atom stereocenters. The van der Waals surface area contributed by atoms with E-state index in [2.05, 4.69) is 4.74 Å². The monoisotopic (exact) mass is 199 g/mol. The molecule has 78 valence electrons. The maximum absolute atomic E-state index is 11.0. The Hall–Kier alpha value is -1.33. The van der Waals surface area contributed by atoms with Crippen molar-refractivity contribution in [2.45, 2.75) is 5.92 Å². The number of carbonyl (C=O) groups excluding carboxylic acids is 1. The van der Waals surface area contributed by atoms with Gasteiger partial charge >= 0.3 is 5.97 Å². The fraction of sp³-hybridized carbons (Fsp3) is 0.444. The van der Waals surface area contributed by atoms with Crippen LogP contribution in [-0.2, 0) is 4.74 Å². The van der Waals surface area contributed by atoms with Gasteiger partial charge in [-0.05, 0) is 12.1 Å². The van der Waals surface area contributed by atoms with Gasteiger partial charge in [0.05, 0.1) is 19.6 Å². The number of esters is 1. The van der Waals surface area contributed by atoms with Crippen molar-refractivity contribution in [3.63, 3.8) is 0 Å². The minimum atomic E-state index is -0.537. The van der Waals surface area contributed by atoms with Crippen LogP contribution < -0.4 is 5.73 Å². The van der Waals surface area contributed by atoms with E-state index in [1.165, 1.54) is 13.2 Å². The molecule has 0 spiro atoms. The molecule has 0 fully saturated rings. The summed E-state index contributed by atoms with van der Waals surface area (Å²) in [5.74, 6) is -0.192. The molecule has 1 unspecified atom stereocenters. The average molecular weight is 199 g/mol. The Kier molecular flexibility index (Phi) is 3.67. The van der Waals surface area contributed by atoms with E-state index in [9.17, 15) is 4.79 Å². The molecule has 0 aromatic carbocycles. The molecule has 5 heteroatoms. The largest absolute Gasteiger partial charge is 0.463 e. The first kappa shape index (κ1) is 10.7. The molecule has 14 heavy (non-hydrogen) atoms. The highest BCUT2D eigenvalue weighted by molar-refractivity contribution is 5.86. The highest BCUT2D eigenvalue weighted by Gasteiger charge is 2.16. The molecule has 3 N–H and O–H groups in total. The Bertz CT molecular complexity index is 304. The summed E-state index contributed by atoms with van der Waals surface area (Å²) in [7, 11) is 1.27. The van der Waals surface area contributed by atoms with Crippen LogP contribution in [0.4, 0.5) is 0 Å². The molecule has 1 rings (SSSR count). The van der Waals surface area contributed by atoms with E-state index in [-0.39, 0.29) is 24.8 Å². The van der Waals surface area contributed by atoms with E-state index in [0.29, 0.717) is 5.76 Å². The average Bonchev–Trinajstić information content (AvgIpc) is 2.68. The molecule has 0 radical (unpaired) electrons. The molecule has 1 heterocycles. The summed E-state index contributed by atoms with van der Waals surface area (Å²) in [6.45, 7) is 0.162. The Labute approximate surface area is 81.5 Å². The smallest absolute Gasteiger partial charge is 0.373 e. The van der Waals surface area contributed by atoms with Gasteiger partial charge in [0, 0.05) is 6.54 Å². The molecule has 0 bridgehead atoms. The van der Waals surface area contributed by atoms with E-state index in [1.54, 1.807) is 6.07 Å². The summed E-state index contributed by atoms with van der Waals surface area (Å²) in [6.07, 6.45) is 0. The van der Waals surface area contributed by atoms with Gasteiger partial charge in [-0.25, -0.2) is 4.79 Å². The number of rotatable bonds is 4. The summed E-state index contributed by atoms with van der Waals surface area (Å²) in [5, 5.41) is 8.93. The summed E-state index contributed by atoms with van der Waals surface area (Å²) in [6, 6.07) is 3.11. The van der Waals surface area contributed by atoms with Crippen LogP contribution >= 0.6 is 0 Å². The van der Waals surface area contributed by atoms with E-state index in [4.69, 9.17) is 15.3 Å². The van der Waals surface area contributed by atoms with Gasteiger partial charge in [-0.2, -0.15) is 0 Å². The molecular formula is C9H13NO4. The Morgan fingerprint density at radius 1 is 1.71 bits per heavy atom. The quantitative estimate of drug-likeness (QED) is 0.672. The van der Waals surface area contributed by atoms with Crippen LogP contribution in [0.1, 0.15) is 22.2 Å². The summed E-state index contributed by atoms with van der Waals surface area (Å²) < 4.78 is 9.64. The van der Waals surface area contributed by atoms with E-state index in [1.807, 2.05) is 0 Å². The van der Waals surface area contributed by atoms with Crippen molar-refractivity contribution in [1.82, 2.24) is 0 Å². The van der Waals surface area contributed by atoms with Crippen LogP contribution in [0, 0.1) is 0 Å². The van der Waals surface area contributed by atoms with E-state index < -0.39 is 5.97 Å². The molecule has 5 nitrogen and oxygen atoms in total. The Morgan fingerprint density at radius 3 is 2.93 bits per heavy atom. The molecular weight excluding hydrogens is 186 g/mol. The molecule has 1 aromatic heterocycles. The van der Waals surface area contributed by atoms with Crippen LogP contribution in [-0.4, -0.2) is 31.3 Å². The van der Waals surface area contributed by atoms with Crippen molar-refractivity contribution in [3.8, 4) is 0 Å². The number of hydrogen-bond acceptors (Lipinski definition) is 5. The van der Waals surface area contributed by atoms with E-state index in [0.717, 1.165) is 0 Å². The highest BCUT2D eigenvalue weighted by atomic mass is 16.5. The second kappa shape index (κ2) is 4.78. The van der Waals surface area contributed by atoms with Crippen LogP contribution in [0.2, 0.25) is 0 Å². The topological polar surface area (TPSA) is 85.7 Å². The molecule has 0 aliphatic carbocycles. The molecule has 0 saturated heterocycles. The van der Waals surface area contributed by atoms with Crippen molar-refractivity contribution in [3.05, 3.63) is 23.7 Å². The van der Waals surface area contributed by atoms with Crippen molar-refractivity contribution in [2.75, 3.05) is 20.3 Å². The van der Waals surface area contributed by atoms with Gasteiger partial charge in [0.15, 0.2) is 0 Å². The second-order valence-corrected chi connectivity index (χ2v) is 2.81. The van der Waals surface area contributed by atoms with Crippen LogP contribution in [0.25, 0.3) is 0 Å². The Morgan fingerprint density at radius 2 is 2.43 bits per heavy atom. The molecule has 0 aliphatic heterocycles. The second-order valence-electron chi connectivity index (χ2n) is 2.81. The first-order chi connectivity index (χ1) is 6.72. The normalized spacial score (nSPS) is 12.5. The predicted molar refractivity (Wildman–Crippen MR) is 48.9 cm³/mol. The number of nitrogens with two attached hydrogens (primary N) is 1. The standard InChI is InChI=1S/C9H13NO4/c1-13-9(12)8-3-2-7(14-8)6(4-10)5-11/h2-3,6,11H,4-5,10H2,1H3. The molecule has 0 aliphatic rings. The number of aliphatic hydroxyl groups is 1. The zero-order valence-corrected chi connectivity index (χ0v) is 7.90. The fourth-order valence-corrected chi connectivity index (χ4v) is 1.06. The van der Waals surface area contributed by atoms with Crippen LogP contribution in [0.3, 0.4) is 0 Å². The molecule has 1 aromatic rings. The summed E-state index contributed by atoms with van der Waals surface area (Å²) in [4.78, 5) is 11.0. The summed E-state index contributed by atoms with van der Waals surface area (Å²) >= 11 is 0. The third kappa shape index (κ3) is 2.12. The highest BCUT2D eigenvalue weighted by Crippen LogP contribution is 2.17. The third-order valence-electron chi connectivity index (χ3n) is 1.92. The van der Waals surface area contributed by atoms with Crippen molar-refractivity contribution in [2.24, 2.45) is 5.73 Å². The van der Waals surface area contributed by atoms with Gasteiger partial charge in [-0.1, -0.05) is 0 Å². The SMILES string of the molecule is COC(=O)c1ccc(C(CN)CO)o1. The summed E-state index contributed by atoms with van der Waals surface area (Å²) in [5.41, 5.74) is 5.40. The Balaban J connectivity index is 2.81. The third-order valence-corrected chi connectivity index (χ3v) is 1.92. The maximum atomic E-state index is 11.0. The van der Waals surface area contributed by atoms with Crippen molar-refractivity contribution >= 4 is 5.97 Å². The minimum absolute atomic E-state index is 0.107. The van der Waals surface area contributed by atoms with Gasteiger partial charge in [0.25, 0.3) is 0 Å². The fourth-order valence-electron chi connectivity index (χ4n) is 1.06. The van der Waals surface area contributed by atoms with Gasteiger partial charge in [-0.15, -0.1) is 0 Å². The maximum Gasteiger partial charge on any atom is 0.373 e. The first-order valence-electron chi connectivity index (χ1n) is 4.22. The molecule has 0 saturated carbocycles. The van der Waals surface area contributed by atoms with Crippen molar-refractivity contribution in [1.29, 1.82) is 0 Å². The number of carbonyl (C=O) groups is 1. The number of ether oxygens (including phenoxy) is 1. The number of furan rings is 1. The van der Waals surface area contributed by atoms with Crippen molar-refractivity contribution < 1.29 is 19.1 Å². The van der Waals surface area contributed by atoms with Gasteiger partial charge in [0.1, 0.15) is 5.76 Å². The van der Waals surface area contributed by atoms with Crippen LogP contribution in [0.15, 0.2) is 16.5 Å². The minimum Gasteiger partial charge on any atom is -0.463 e. The lowest BCUT2D eigenvalue weighted by Crippen LogP contribution is -2.15. The van der Waals surface area contributed by atoms with Gasteiger partial charge in [-0.3, -0.25) is 0 Å². The zero-order valence-electron chi connectivity index (χ0n) is 7.90. The number of hydrogen-bond donors (Lipinski definition) is 2. The van der Waals surface area contributed by atoms with E-state index >= 15 is 0 Å². The van der Waals surface area contributed by atoms with Gasteiger partial charge < -0.3 is 20.0 Å². The van der Waals surface area contributed by atoms with Gasteiger partial charge in [0.2, 0.25) is 5.76 Å². The predicted octanol–water partition coefficient (Wildman–Crippen LogP) is 0.101.